The van der Waals surface area contributed by atoms with Crippen molar-refractivity contribution in [3.8, 4) is 0 Å². The molecule has 1 N–H and O–H groups in total. The van der Waals surface area contributed by atoms with Crippen LogP contribution in [0.25, 0.3) is 0 Å². The fraction of sp³-hybridized carbons (Fsp3) is 0.853. The lowest BCUT2D eigenvalue weighted by Gasteiger charge is -2.72. The summed E-state index contributed by atoms with van der Waals surface area (Å²) in [6.07, 6.45) is 11.0. The lowest BCUT2D eigenvalue weighted by atomic mass is 9.32. The molecule has 0 amide bonds. The number of esters is 1. The minimum Gasteiger partial charge on any atom is -0.465 e. The van der Waals surface area contributed by atoms with Crippen molar-refractivity contribution in [3.63, 3.8) is 0 Å². The summed E-state index contributed by atoms with van der Waals surface area (Å²) < 4.78 is 5.70. The molecular weight excluding hydrogens is 502 g/mol. The molecule has 0 saturated heterocycles. The molecule has 5 rings (SSSR count). The second kappa shape index (κ2) is 9.95. The van der Waals surface area contributed by atoms with Crippen LogP contribution in [0.2, 0.25) is 0 Å². The molecule has 1 unspecified atom stereocenters. The quantitative estimate of drug-likeness (QED) is 0.169. The number of aliphatic hydroxyl groups excluding tert-OH is 1. The third-order valence-electron chi connectivity index (χ3n) is 14.0. The molecule has 6 nitrogen and oxygen atoms in total. The molecule has 0 aromatic carbocycles. The lowest BCUT2D eigenvalue weighted by molar-refractivity contribution is -0.233. The Morgan fingerprint density at radius 1 is 0.900 bits per heavy atom. The molecule has 0 spiro atoms. The second-order valence-electron chi connectivity index (χ2n) is 15.5. The normalized spacial score (nSPS) is 48.8. The van der Waals surface area contributed by atoms with Gasteiger partial charge in [-0.1, -0.05) is 45.0 Å². The largest absolute Gasteiger partial charge is 0.465 e. The van der Waals surface area contributed by atoms with Gasteiger partial charge in [-0.25, -0.2) is 4.79 Å². The molecule has 224 valence electrons. The molecule has 5 aliphatic carbocycles. The Bertz CT molecular complexity index is 1100. The summed E-state index contributed by atoms with van der Waals surface area (Å²) in [6, 6.07) is 0. The molecule has 0 aromatic rings. The zero-order valence-corrected chi connectivity index (χ0v) is 26.1. The number of carbonyl (C=O) groups is 2. The number of ether oxygens (including phenoxy) is 1. The molecule has 0 aliphatic heterocycles. The van der Waals surface area contributed by atoms with E-state index in [1.165, 1.54) is 45.1 Å². The molecule has 5 aliphatic rings. The van der Waals surface area contributed by atoms with Gasteiger partial charge in [-0.3, -0.25) is 4.79 Å². The first kappa shape index (κ1) is 29.8. The zero-order valence-electron chi connectivity index (χ0n) is 26.1. The van der Waals surface area contributed by atoms with Crippen LogP contribution in [0.15, 0.2) is 17.3 Å². The minimum absolute atomic E-state index is 0.0631. The number of oxime groups is 1. The molecule has 10 atom stereocenters. The van der Waals surface area contributed by atoms with Gasteiger partial charge in [0, 0.05) is 25.9 Å². The fourth-order valence-corrected chi connectivity index (χ4v) is 11.9. The van der Waals surface area contributed by atoms with Crippen molar-refractivity contribution in [2.75, 3.05) is 13.2 Å². The van der Waals surface area contributed by atoms with E-state index in [-0.39, 0.29) is 40.2 Å². The van der Waals surface area contributed by atoms with E-state index in [0.717, 1.165) is 44.2 Å². The van der Waals surface area contributed by atoms with E-state index < -0.39 is 11.4 Å². The van der Waals surface area contributed by atoms with Crippen LogP contribution in [0.3, 0.4) is 0 Å². The third-order valence-corrected chi connectivity index (χ3v) is 14.0. The number of allylic oxidation sites excluding steroid dienone is 1. The van der Waals surface area contributed by atoms with Crippen molar-refractivity contribution in [3.05, 3.63) is 12.2 Å². The van der Waals surface area contributed by atoms with Crippen LogP contribution in [0, 0.1) is 56.7 Å². The van der Waals surface area contributed by atoms with Crippen molar-refractivity contribution in [2.24, 2.45) is 61.8 Å². The maximum atomic E-state index is 12.0. The predicted octanol–water partition coefficient (Wildman–Crippen LogP) is 7.10. The van der Waals surface area contributed by atoms with Gasteiger partial charge in [0.05, 0.1) is 5.71 Å². The Hall–Kier alpha value is -1.69. The van der Waals surface area contributed by atoms with Gasteiger partial charge in [0.2, 0.25) is 0 Å². The number of hydrogen-bond donors (Lipinski definition) is 1. The molecular formula is C34H53NO5. The van der Waals surface area contributed by atoms with Gasteiger partial charge < -0.3 is 14.7 Å². The van der Waals surface area contributed by atoms with Crippen LogP contribution in [0.1, 0.15) is 113 Å². The van der Waals surface area contributed by atoms with Crippen molar-refractivity contribution in [1.29, 1.82) is 0 Å². The standard InChI is InChI=1S/C34H53NO5/c1-21(2)24-11-16-34(19-36)18-17-32(7)25(29(24)34)9-10-27-30(5)14-13-28(35-40-23(4)38)31(6,20-39-22(3)37)26(30)12-15-33(27,32)8/h24-27,29,36H,1,9-20H2,2-8H3/t24-,25+,26+,27+,29+,30-,31?,32+,33+,34+/m0/s1. The van der Waals surface area contributed by atoms with Crippen LogP contribution in [-0.2, 0) is 19.2 Å². The van der Waals surface area contributed by atoms with Gasteiger partial charge >= 0.3 is 11.9 Å². The van der Waals surface area contributed by atoms with E-state index in [0.29, 0.717) is 30.3 Å². The highest BCUT2D eigenvalue weighted by Gasteiger charge is 2.71. The average Bonchev–Trinajstić information content (AvgIpc) is 3.28. The van der Waals surface area contributed by atoms with Crippen molar-refractivity contribution in [1.82, 2.24) is 0 Å². The minimum atomic E-state index is -0.470. The summed E-state index contributed by atoms with van der Waals surface area (Å²) in [5, 5.41) is 15.1. The highest BCUT2D eigenvalue weighted by Crippen LogP contribution is 2.77. The van der Waals surface area contributed by atoms with Crippen molar-refractivity contribution < 1.29 is 24.3 Å². The number of hydrogen-bond acceptors (Lipinski definition) is 6. The summed E-state index contributed by atoms with van der Waals surface area (Å²) in [5.41, 5.74) is 2.23. The summed E-state index contributed by atoms with van der Waals surface area (Å²) in [6.45, 7) is 20.0. The molecule has 0 bridgehead atoms. The summed E-state index contributed by atoms with van der Waals surface area (Å²) in [7, 11) is 0. The monoisotopic (exact) mass is 555 g/mol. The maximum absolute atomic E-state index is 12.0. The first-order valence-electron chi connectivity index (χ1n) is 15.8. The highest BCUT2D eigenvalue weighted by atomic mass is 16.7. The van der Waals surface area contributed by atoms with Gasteiger partial charge in [-0.05, 0) is 122 Å². The topological polar surface area (TPSA) is 85.2 Å². The van der Waals surface area contributed by atoms with Crippen LogP contribution < -0.4 is 0 Å². The maximum Gasteiger partial charge on any atom is 0.331 e. The predicted molar refractivity (Wildman–Crippen MR) is 156 cm³/mol. The first-order valence-corrected chi connectivity index (χ1v) is 15.8. The molecule has 40 heavy (non-hydrogen) atoms. The number of nitrogens with zero attached hydrogens (tertiary/aromatic N) is 1. The zero-order chi connectivity index (χ0) is 29.3. The van der Waals surface area contributed by atoms with E-state index in [4.69, 9.17) is 9.57 Å². The van der Waals surface area contributed by atoms with Crippen molar-refractivity contribution in [2.45, 2.75) is 113 Å². The Labute approximate surface area is 241 Å². The van der Waals surface area contributed by atoms with Gasteiger partial charge in [-0.15, -0.1) is 0 Å². The highest BCUT2D eigenvalue weighted by molar-refractivity contribution is 5.91. The number of carbonyl (C=O) groups excluding carboxylic acids is 2. The van der Waals surface area contributed by atoms with Gasteiger partial charge in [0.15, 0.2) is 0 Å². The Kier molecular flexibility index (Phi) is 7.41. The fourth-order valence-electron chi connectivity index (χ4n) is 11.9. The van der Waals surface area contributed by atoms with Crippen LogP contribution >= 0.6 is 0 Å². The third kappa shape index (κ3) is 4.08. The van der Waals surface area contributed by atoms with Gasteiger partial charge in [0.1, 0.15) is 6.61 Å². The SMILES string of the molecule is C=C(C)[C@@H]1CC[C@]2(CO)CC[C@]3(C)[C@H](CC[C@@H]4[C@@]5(C)CCC(=NOC(C)=O)C(C)(COC(C)=O)[C@@H]5CC[C@]43C)[C@@H]12. The average molecular weight is 556 g/mol. The first-order chi connectivity index (χ1) is 18.7. The Balaban J connectivity index is 1.52. The molecule has 6 heteroatoms. The molecule has 5 saturated carbocycles. The molecule has 0 heterocycles. The van der Waals surface area contributed by atoms with E-state index in [1.807, 2.05) is 0 Å². The Morgan fingerprint density at radius 3 is 2.25 bits per heavy atom. The van der Waals surface area contributed by atoms with Crippen LogP contribution in [0.5, 0.6) is 0 Å². The molecule has 5 fully saturated rings. The smallest absolute Gasteiger partial charge is 0.331 e. The second-order valence-corrected chi connectivity index (χ2v) is 15.5. The lowest BCUT2D eigenvalue weighted by Crippen LogP contribution is -2.67. The summed E-state index contributed by atoms with van der Waals surface area (Å²) in [4.78, 5) is 28.8. The van der Waals surface area contributed by atoms with Gasteiger partial charge in [0.25, 0.3) is 0 Å². The number of aliphatic hydroxyl groups is 1. The Morgan fingerprint density at radius 2 is 1.62 bits per heavy atom. The van der Waals surface area contributed by atoms with Crippen LogP contribution in [0.4, 0.5) is 0 Å². The van der Waals surface area contributed by atoms with E-state index in [9.17, 15) is 14.7 Å². The summed E-state index contributed by atoms with van der Waals surface area (Å²) in [5.74, 6) is 1.79. The van der Waals surface area contributed by atoms with E-state index in [2.05, 4.69) is 46.4 Å². The van der Waals surface area contributed by atoms with Crippen molar-refractivity contribution >= 4 is 17.7 Å². The van der Waals surface area contributed by atoms with Gasteiger partial charge in [-0.2, -0.15) is 0 Å². The number of rotatable bonds is 5. The van der Waals surface area contributed by atoms with Crippen LogP contribution in [-0.4, -0.2) is 36.0 Å². The molecule has 0 radical (unpaired) electrons. The summed E-state index contributed by atoms with van der Waals surface area (Å²) >= 11 is 0. The van der Waals surface area contributed by atoms with E-state index >= 15 is 0 Å². The number of fused-ring (bicyclic) bond motifs is 7. The van der Waals surface area contributed by atoms with E-state index in [1.54, 1.807) is 0 Å². The molecule has 0 aromatic heterocycles.